The van der Waals surface area contributed by atoms with Crippen molar-refractivity contribution in [2.45, 2.75) is 45.2 Å². The van der Waals surface area contributed by atoms with Gasteiger partial charge < -0.3 is 5.73 Å². The fourth-order valence-electron chi connectivity index (χ4n) is 3.26. The van der Waals surface area contributed by atoms with Gasteiger partial charge in [-0.1, -0.05) is 32.0 Å². The fourth-order valence-corrected chi connectivity index (χ4v) is 3.26. The van der Waals surface area contributed by atoms with E-state index in [1.54, 1.807) is 0 Å². The van der Waals surface area contributed by atoms with Gasteiger partial charge in [0.15, 0.2) is 0 Å². The second-order valence-corrected chi connectivity index (χ2v) is 6.63. The molecule has 1 fully saturated rings. The second kappa shape index (κ2) is 5.40. The van der Waals surface area contributed by atoms with Gasteiger partial charge in [-0.05, 0) is 54.7 Å². The predicted octanol–water partition coefficient (Wildman–Crippen LogP) is 4.57. The van der Waals surface area contributed by atoms with Crippen molar-refractivity contribution in [2.24, 2.45) is 17.1 Å². The van der Waals surface area contributed by atoms with Crippen LogP contribution in [0.2, 0.25) is 0 Å². The highest BCUT2D eigenvalue weighted by molar-refractivity contribution is 5.29. The quantitative estimate of drug-likeness (QED) is 0.846. The molecule has 0 spiro atoms. The summed E-state index contributed by atoms with van der Waals surface area (Å²) < 4.78 is 38.5. The van der Waals surface area contributed by atoms with Gasteiger partial charge in [-0.25, -0.2) is 0 Å². The van der Waals surface area contributed by atoms with Gasteiger partial charge in [0, 0.05) is 0 Å². The molecule has 1 saturated carbocycles. The highest BCUT2D eigenvalue weighted by Crippen LogP contribution is 2.47. The minimum absolute atomic E-state index is 0.131. The van der Waals surface area contributed by atoms with Crippen LogP contribution in [-0.4, -0.2) is 6.54 Å². The van der Waals surface area contributed by atoms with E-state index in [1.807, 2.05) is 6.07 Å². The lowest BCUT2D eigenvalue weighted by Gasteiger charge is -2.41. The van der Waals surface area contributed by atoms with Crippen molar-refractivity contribution in [1.82, 2.24) is 0 Å². The summed E-state index contributed by atoms with van der Waals surface area (Å²) in [6, 6.07) is 5.75. The summed E-state index contributed by atoms with van der Waals surface area (Å²) in [6.45, 7) is 4.90. The first-order valence-corrected chi connectivity index (χ1v) is 7.10. The van der Waals surface area contributed by atoms with E-state index >= 15 is 0 Å². The van der Waals surface area contributed by atoms with E-state index in [4.69, 9.17) is 5.73 Å². The van der Waals surface area contributed by atoms with Crippen molar-refractivity contribution in [3.63, 3.8) is 0 Å². The van der Waals surface area contributed by atoms with Gasteiger partial charge in [0.1, 0.15) is 0 Å². The fraction of sp³-hybridized carbons (Fsp3) is 0.625. The lowest BCUT2D eigenvalue weighted by Crippen LogP contribution is -2.32. The first-order chi connectivity index (χ1) is 9.23. The van der Waals surface area contributed by atoms with E-state index in [0.717, 1.165) is 30.9 Å². The Morgan fingerprint density at radius 1 is 1.30 bits per heavy atom. The van der Waals surface area contributed by atoms with Crippen molar-refractivity contribution < 1.29 is 13.2 Å². The highest BCUT2D eigenvalue weighted by Gasteiger charge is 2.36. The number of hydrogen-bond acceptors (Lipinski definition) is 1. The Hall–Kier alpha value is -1.03. The van der Waals surface area contributed by atoms with Gasteiger partial charge in [0.25, 0.3) is 0 Å². The van der Waals surface area contributed by atoms with Gasteiger partial charge in [-0.15, -0.1) is 0 Å². The molecule has 0 heterocycles. The predicted molar refractivity (Wildman–Crippen MR) is 74.4 cm³/mol. The zero-order valence-corrected chi connectivity index (χ0v) is 12.0. The van der Waals surface area contributed by atoms with Crippen LogP contribution in [0.3, 0.4) is 0 Å². The molecule has 0 aromatic heterocycles. The van der Waals surface area contributed by atoms with E-state index in [0.29, 0.717) is 6.54 Å². The molecule has 4 heteroatoms. The molecule has 0 saturated heterocycles. The zero-order chi connectivity index (χ0) is 15.0. The van der Waals surface area contributed by atoms with E-state index in [2.05, 4.69) is 13.8 Å². The van der Waals surface area contributed by atoms with Gasteiger partial charge in [0.05, 0.1) is 5.56 Å². The number of hydrogen-bond donors (Lipinski definition) is 1. The third-order valence-corrected chi connectivity index (χ3v) is 4.48. The van der Waals surface area contributed by atoms with Crippen LogP contribution in [0.5, 0.6) is 0 Å². The van der Waals surface area contributed by atoms with E-state index in [-0.39, 0.29) is 17.3 Å². The first-order valence-electron chi connectivity index (χ1n) is 7.10. The molecular weight excluding hydrogens is 263 g/mol. The Bertz CT molecular complexity index is 465. The maximum atomic E-state index is 12.8. The Kier molecular flexibility index (Phi) is 4.14. The van der Waals surface area contributed by atoms with Crippen molar-refractivity contribution in [2.75, 3.05) is 6.54 Å². The summed E-state index contributed by atoms with van der Waals surface area (Å²) in [5.74, 6) is 0.414. The number of nitrogens with two attached hydrogens (primary N) is 1. The highest BCUT2D eigenvalue weighted by atomic mass is 19.4. The Morgan fingerprint density at radius 3 is 2.60 bits per heavy atom. The maximum Gasteiger partial charge on any atom is 0.416 e. The number of benzene rings is 1. The number of halogens is 3. The average Bonchev–Trinajstić information content (AvgIpc) is 2.37. The summed E-state index contributed by atoms with van der Waals surface area (Å²) >= 11 is 0. The average molecular weight is 285 g/mol. The van der Waals surface area contributed by atoms with Gasteiger partial charge in [-0.3, -0.25) is 0 Å². The molecule has 1 aliphatic rings. The van der Waals surface area contributed by atoms with Crippen LogP contribution in [0, 0.1) is 11.3 Å². The minimum Gasteiger partial charge on any atom is -0.330 e. The lowest BCUT2D eigenvalue weighted by atomic mass is 9.65. The van der Waals surface area contributed by atoms with Crippen LogP contribution in [0.15, 0.2) is 24.3 Å². The summed E-state index contributed by atoms with van der Waals surface area (Å²) in [5.41, 5.74) is 6.21. The number of rotatable bonds is 2. The van der Waals surface area contributed by atoms with Gasteiger partial charge in [-0.2, -0.15) is 13.2 Å². The molecule has 1 nitrogen and oxygen atoms in total. The topological polar surface area (TPSA) is 26.0 Å². The largest absolute Gasteiger partial charge is 0.416 e. The maximum absolute atomic E-state index is 12.8. The van der Waals surface area contributed by atoms with E-state index in [9.17, 15) is 13.2 Å². The lowest BCUT2D eigenvalue weighted by molar-refractivity contribution is -0.137. The van der Waals surface area contributed by atoms with Crippen LogP contribution < -0.4 is 5.73 Å². The molecule has 2 rings (SSSR count). The minimum atomic E-state index is -4.28. The summed E-state index contributed by atoms with van der Waals surface area (Å²) in [4.78, 5) is 0. The molecule has 1 aromatic rings. The van der Waals surface area contributed by atoms with E-state index in [1.165, 1.54) is 12.1 Å². The molecule has 20 heavy (non-hydrogen) atoms. The molecular formula is C16H22F3N. The molecule has 0 radical (unpaired) electrons. The molecule has 112 valence electrons. The van der Waals surface area contributed by atoms with Crippen molar-refractivity contribution >= 4 is 0 Å². The second-order valence-electron chi connectivity index (χ2n) is 6.63. The monoisotopic (exact) mass is 285 g/mol. The molecule has 0 aliphatic heterocycles. The van der Waals surface area contributed by atoms with Crippen molar-refractivity contribution in [1.29, 1.82) is 0 Å². The smallest absolute Gasteiger partial charge is 0.330 e. The van der Waals surface area contributed by atoms with Crippen LogP contribution in [0.4, 0.5) is 13.2 Å². The molecule has 1 aliphatic carbocycles. The van der Waals surface area contributed by atoms with Crippen LogP contribution >= 0.6 is 0 Å². The Labute approximate surface area is 118 Å². The molecule has 1 aromatic carbocycles. The number of alkyl halides is 3. The van der Waals surface area contributed by atoms with E-state index < -0.39 is 11.7 Å². The van der Waals surface area contributed by atoms with Crippen LogP contribution in [0.1, 0.15) is 50.2 Å². The van der Waals surface area contributed by atoms with Gasteiger partial charge >= 0.3 is 6.18 Å². The standard InChI is InChI=1S/C16H22F3N/c1-15(2)7-6-12(10-20)14(9-15)11-4-3-5-13(8-11)16(17,18)19/h3-5,8,12,14H,6-7,9-10,20H2,1-2H3. The molecule has 0 bridgehead atoms. The zero-order valence-electron chi connectivity index (χ0n) is 12.0. The van der Waals surface area contributed by atoms with Crippen molar-refractivity contribution in [3.8, 4) is 0 Å². The van der Waals surface area contributed by atoms with Gasteiger partial charge in [0.2, 0.25) is 0 Å². The SMILES string of the molecule is CC1(C)CCC(CN)C(c2cccc(C(F)(F)F)c2)C1. The normalized spacial score (nSPS) is 26.5. The molecule has 2 unspecified atom stereocenters. The third kappa shape index (κ3) is 3.35. The molecule has 2 atom stereocenters. The van der Waals surface area contributed by atoms with Crippen LogP contribution in [-0.2, 0) is 6.18 Å². The summed E-state index contributed by atoms with van der Waals surface area (Å²) in [7, 11) is 0. The van der Waals surface area contributed by atoms with Crippen LogP contribution in [0.25, 0.3) is 0 Å². The third-order valence-electron chi connectivity index (χ3n) is 4.48. The summed E-state index contributed by atoms with van der Waals surface area (Å²) in [5, 5.41) is 0. The Balaban J connectivity index is 2.32. The Morgan fingerprint density at radius 2 is 2.00 bits per heavy atom. The first kappa shape index (κ1) is 15.4. The molecule has 0 amide bonds. The summed E-state index contributed by atoms with van der Waals surface area (Å²) in [6.07, 6.45) is -1.30. The van der Waals surface area contributed by atoms with Crippen molar-refractivity contribution in [3.05, 3.63) is 35.4 Å². The molecule has 2 N–H and O–H groups in total.